The monoisotopic (exact) mass is 560 g/mol. The number of fused-ring (bicyclic) bond motifs is 1. The summed E-state index contributed by atoms with van der Waals surface area (Å²) in [5.74, 6) is -1.49. The largest absolute Gasteiger partial charge is 0.614 e. The van der Waals surface area contributed by atoms with Gasteiger partial charge < -0.3 is 14.6 Å². The average Bonchev–Trinajstić information content (AvgIpc) is 2.67. The van der Waals surface area contributed by atoms with E-state index in [-0.39, 0.29) is 23.4 Å². The maximum absolute atomic E-state index is 13.0. The lowest BCUT2D eigenvalue weighted by molar-refractivity contribution is -0.159. The lowest BCUT2D eigenvalue weighted by Crippen LogP contribution is -2.75. The summed E-state index contributed by atoms with van der Waals surface area (Å²) in [6, 6.07) is 8.16. The normalized spacial score (nSPS) is 26.1. The van der Waals surface area contributed by atoms with Crippen LogP contribution >= 0.6 is 31.9 Å². The summed E-state index contributed by atoms with van der Waals surface area (Å²) in [6.45, 7) is 5.19. The minimum absolute atomic E-state index is 0.0758. The fourth-order valence-corrected chi connectivity index (χ4v) is 7.15. The van der Waals surface area contributed by atoms with Crippen LogP contribution in [0.15, 0.2) is 41.6 Å². The number of hydrogen-bond donors (Lipinski definition) is 1. The standard InChI is InChI=1S/C20H22Br2N2O5S/c1-20(2,3)29-19(27)15-12(10-21)16(22)30(28)18-14(17(26)24(15)18)23-13(25)9-11-7-5-4-6-8-11/h4-8,14,16,18H,9-10H2,1-3H3,(H,23,25)/t14?,16?,18-,30?/m0/s1. The third kappa shape index (κ3) is 4.61. The molecule has 2 amide bonds. The number of esters is 1. The molecule has 0 aromatic heterocycles. The summed E-state index contributed by atoms with van der Waals surface area (Å²) in [5, 5.41) is 2.07. The molecule has 1 aromatic rings. The number of rotatable bonds is 5. The Morgan fingerprint density at radius 2 is 1.90 bits per heavy atom. The fraction of sp³-hybridized carbons (Fsp3) is 0.450. The van der Waals surface area contributed by atoms with Crippen molar-refractivity contribution in [3.63, 3.8) is 0 Å². The molecule has 2 aliphatic heterocycles. The van der Waals surface area contributed by atoms with Crippen LogP contribution in [0, 0.1) is 0 Å². The SMILES string of the molecule is CC(C)(C)OC(=O)C1=C(CBr)C(Br)[S+]([O-])[C@H]2C(NC(=O)Cc3ccccc3)C(=O)N12. The van der Waals surface area contributed by atoms with Gasteiger partial charge in [0.25, 0.3) is 5.91 Å². The van der Waals surface area contributed by atoms with Gasteiger partial charge in [-0.1, -0.05) is 46.3 Å². The second kappa shape index (κ2) is 9.02. The maximum Gasteiger partial charge on any atom is 0.355 e. The van der Waals surface area contributed by atoms with Crippen LogP contribution in [0.25, 0.3) is 0 Å². The highest BCUT2D eigenvalue weighted by Gasteiger charge is 2.63. The summed E-state index contributed by atoms with van der Waals surface area (Å²) < 4.78 is 17.8. The topological polar surface area (TPSA) is 98.8 Å². The van der Waals surface area contributed by atoms with Gasteiger partial charge in [0.05, 0.1) is 6.42 Å². The molecule has 162 valence electrons. The fourth-order valence-electron chi connectivity index (χ4n) is 3.28. The van der Waals surface area contributed by atoms with Crippen LogP contribution in [0.1, 0.15) is 26.3 Å². The van der Waals surface area contributed by atoms with E-state index in [4.69, 9.17) is 4.74 Å². The van der Waals surface area contributed by atoms with E-state index in [9.17, 15) is 18.9 Å². The van der Waals surface area contributed by atoms with E-state index in [0.29, 0.717) is 5.57 Å². The number of carbonyl (C=O) groups excluding carboxylic acids is 3. The van der Waals surface area contributed by atoms with E-state index in [1.807, 2.05) is 30.3 Å². The maximum atomic E-state index is 13.0. The number of nitrogens with one attached hydrogen (secondary N) is 1. The summed E-state index contributed by atoms with van der Waals surface area (Å²) in [4.78, 5) is 39.4. The molecule has 3 rings (SSSR count). The molecule has 0 radical (unpaired) electrons. The molecule has 0 spiro atoms. The first-order valence-corrected chi connectivity index (χ1v) is 12.6. The third-order valence-electron chi connectivity index (χ3n) is 4.56. The van der Waals surface area contributed by atoms with Gasteiger partial charge in [0.2, 0.25) is 11.3 Å². The van der Waals surface area contributed by atoms with Crippen molar-refractivity contribution in [3.8, 4) is 0 Å². The van der Waals surface area contributed by atoms with Crippen LogP contribution in [0.5, 0.6) is 0 Å². The van der Waals surface area contributed by atoms with Crippen molar-refractivity contribution in [1.29, 1.82) is 0 Å². The van der Waals surface area contributed by atoms with Gasteiger partial charge in [-0.2, -0.15) is 0 Å². The zero-order valence-corrected chi connectivity index (χ0v) is 20.7. The van der Waals surface area contributed by atoms with Gasteiger partial charge in [-0.25, -0.2) is 4.79 Å². The quantitative estimate of drug-likeness (QED) is 0.257. The molecular formula is C20H22Br2N2O5S. The number of alkyl halides is 2. The van der Waals surface area contributed by atoms with Gasteiger partial charge in [-0.05, 0) is 53.4 Å². The molecule has 2 aliphatic rings. The molecule has 0 aliphatic carbocycles. The minimum Gasteiger partial charge on any atom is -0.614 e. The summed E-state index contributed by atoms with van der Waals surface area (Å²) in [5.41, 5.74) is 0.595. The van der Waals surface area contributed by atoms with Crippen molar-refractivity contribution in [3.05, 3.63) is 47.2 Å². The van der Waals surface area contributed by atoms with Crippen molar-refractivity contribution in [2.24, 2.45) is 0 Å². The van der Waals surface area contributed by atoms with E-state index in [1.54, 1.807) is 20.8 Å². The molecular weight excluding hydrogens is 540 g/mol. The number of ether oxygens (including phenoxy) is 1. The third-order valence-corrected chi connectivity index (χ3v) is 8.48. The highest BCUT2D eigenvalue weighted by molar-refractivity contribution is 9.11. The predicted molar refractivity (Wildman–Crippen MR) is 120 cm³/mol. The summed E-state index contributed by atoms with van der Waals surface area (Å²) in [7, 11) is 0. The van der Waals surface area contributed by atoms with Crippen LogP contribution < -0.4 is 5.32 Å². The second-order valence-corrected chi connectivity index (χ2v) is 11.7. The zero-order chi connectivity index (χ0) is 22.2. The van der Waals surface area contributed by atoms with E-state index in [1.165, 1.54) is 4.90 Å². The average molecular weight is 562 g/mol. The Morgan fingerprint density at radius 1 is 1.27 bits per heavy atom. The Labute approximate surface area is 195 Å². The van der Waals surface area contributed by atoms with Gasteiger partial charge in [-0.15, -0.1) is 0 Å². The smallest absolute Gasteiger partial charge is 0.355 e. The molecule has 30 heavy (non-hydrogen) atoms. The van der Waals surface area contributed by atoms with Gasteiger partial charge in [0, 0.05) is 10.9 Å². The number of carbonyl (C=O) groups is 3. The van der Waals surface area contributed by atoms with Crippen LogP contribution in [-0.4, -0.2) is 53.7 Å². The molecule has 1 fully saturated rings. The second-order valence-electron chi connectivity index (χ2n) is 7.96. The molecule has 4 atom stereocenters. The van der Waals surface area contributed by atoms with Crippen LogP contribution in [0.4, 0.5) is 0 Å². The van der Waals surface area contributed by atoms with Crippen molar-refractivity contribution in [2.45, 2.75) is 48.4 Å². The Bertz CT molecular complexity index is 887. The van der Waals surface area contributed by atoms with Crippen molar-refractivity contribution < 1.29 is 23.7 Å². The van der Waals surface area contributed by atoms with E-state index >= 15 is 0 Å². The Morgan fingerprint density at radius 3 is 2.47 bits per heavy atom. The van der Waals surface area contributed by atoms with Crippen LogP contribution in [-0.2, 0) is 36.7 Å². The molecule has 1 saturated heterocycles. The van der Waals surface area contributed by atoms with Gasteiger partial charge in [0.1, 0.15) is 11.3 Å². The molecule has 7 nitrogen and oxygen atoms in total. The van der Waals surface area contributed by atoms with Crippen molar-refractivity contribution >= 4 is 60.8 Å². The molecule has 2 heterocycles. The number of nitrogens with zero attached hydrogens (tertiary/aromatic N) is 1. The van der Waals surface area contributed by atoms with E-state index in [0.717, 1.165) is 5.56 Å². The number of halogens is 2. The summed E-state index contributed by atoms with van der Waals surface area (Å²) in [6.07, 6.45) is 0.100. The van der Waals surface area contributed by atoms with Crippen molar-refractivity contribution in [2.75, 3.05) is 5.33 Å². The van der Waals surface area contributed by atoms with E-state index in [2.05, 4.69) is 37.2 Å². The number of hydrogen-bond acceptors (Lipinski definition) is 5. The van der Waals surface area contributed by atoms with Gasteiger partial charge in [-0.3, -0.25) is 14.5 Å². The molecule has 10 heteroatoms. The lowest BCUT2D eigenvalue weighted by atomic mass is 10.0. The Kier molecular flexibility index (Phi) is 7.01. The Hall–Kier alpha value is -1.36. The molecule has 1 N–H and O–H groups in total. The van der Waals surface area contributed by atoms with E-state index < -0.39 is 44.2 Å². The molecule has 3 unspecified atom stereocenters. The Balaban J connectivity index is 1.82. The summed E-state index contributed by atoms with van der Waals surface area (Å²) >= 11 is 5.14. The predicted octanol–water partition coefficient (Wildman–Crippen LogP) is 2.36. The minimum atomic E-state index is -1.57. The first-order valence-electron chi connectivity index (χ1n) is 9.27. The van der Waals surface area contributed by atoms with Crippen LogP contribution in [0.3, 0.4) is 0 Å². The highest BCUT2D eigenvalue weighted by atomic mass is 79.9. The van der Waals surface area contributed by atoms with Crippen LogP contribution in [0.2, 0.25) is 0 Å². The molecule has 0 saturated carbocycles. The number of β-lactam (4-membered cyclic amide) rings is 1. The van der Waals surface area contributed by atoms with Crippen molar-refractivity contribution in [1.82, 2.24) is 10.2 Å². The molecule has 1 aromatic carbocycles. The first kappa shape index (κ1) is 23.3. The number of amides is 2. The number of benzene rings is 1. The first-order chi connectivity index (χ1) is 14.0. The molecule has 0 bridgehead atoms. The van der Waals surface area contributed by atoms with Gasteiger partial charge >= 0.3 is 5.97 Å². The zero-order valence-electron chi connectivity index (χ0n) is 16.7. The highest BCUT2D eigenvalue weighted by Crippen LogP contribution is 2.43. The lowest BCUT2D eigenvalue weighted by Gasteiger charge is -2.50. The van der Waals surface area contributed by atoms with Gasteiger partial charge in [0.15, 0.2) is 10.2 Å².